The third kappa shape index (κ3) is 5.12. The summed E-state index contributed by atoms with van der Waals surface area (Å²) in [5, 5.41) is 10.9. The van der Waals surface area contributed by atoms with Crippen LogP contribution in [-0.4, -0.2) is 18.3 Å². The molecule has 2 rings (SSSR count). The Morgan fingerprint density at radius 3 is 2.62 bits per heavy atom. The van der Waals surface area contributed by atoms with Gasteiger partial charge < -0.3 is 15.2 Å². The van der Waals surface area contributed by atoms with Gasteiger partial charge in [-0.2, -0.15) is 0 Å². The maximum atomic E-state index is 12.9. The molecular formula is C16H18BrFNO2+. The molecule has 0 radical (unpaired) electrons. The van der Waals surface area contributed by atoms with Gasteiger partial charge in [0.25, 0.3) is 0 Å². The van der Waals surface area contributed by atoms with E-state index in [9.17, 15) is 4.39 Å². The standard InChI is InChI=1S/C16H17BrFNO2/c17-14-3-6-16(13(9-14)10-19-7-8-20)21-11-12-1-4-15(18)5-2-12/h1-6,9,19-20H,7-8,10-11H2/p+1. The van der Waals surface area contributed by atoms with Gasteiger partial charge in [0, 0.05) is 10.0 Å². The summed E-state index contributed by atoms with van der Waals surface area (Å²) in [6.45, 7) is 1.94. The second-order valence-electron chi connectivity index (χ2n) is 4.67. The van der Waals surface area contributed by atoms with Crippen molar-refractivity contribution in [2.45, 2.75) is 13.2 Å². The summed E-state index contributed by atoms with van der Waals surface area (Å²) in [7, 11) is 0. The van der Waals surface area contributed by atoms with Gasteiger partial charge in [-0.25, -0.2) is 4.39 Å². The van der Waals surface area contributed by atoms with Crippen molar-refractivity contribution in [1.82, 2.24) is 0 Å². The highest BCUT2D eigenvalue weighted by atomic mass is 79.9. The molecule has 5 heteroatoms. The molecule has 3 N–H and O–H groups in total. The zero-order chi connectivity index (χ0) is 15.1. The largest absolute Gasteiger partial charge is 0.488 e. The van der Waals surface area contributed by atoms with Gasteiger partial charge in [-0.15, -0.1) is 0 Å². The van der Waals surface area contributed by atoms with Crippen LogP contribution in [0.4, 0.5) is 4.39 Å². The van der Waals surface area contributed by atoms with Crippen LogP contribution in [0.2, 0.25) is 0 Å². The fourth-order valence-electron chi connectivity index (χ4n) is 1.94. The van der Waals surface area contributed by atoms with E-state index in [-0.39, 0.29) is 12.4 Å². The van der Waals surface area contributed by atoms with E-state index >= 15 is 0 Å². The second-order valence-corrected chi connectivity index (χ2v) is 5.59. The summed E-state index contributed by atoms with van der Waals surface area (Å²) in [6.07, 6.45) is 0. The van der Waals surface area contributed by atoms with Gasteiger partial charge >= 0.3 is 0 Å². The molecule has 21 heavy (non-hydrogen) atoms. The van der Waals surface area contributed by atoms with Crippen molar-refractivity contribution >= 4 is 15.9 Å². The third-order valence-corrected chi connectivity index (χ3v) is 3.52. The molecule has 0 bridgehead atoms. The molecule has 3 nitrogen and oxygen atoms in total. The van der Waals surface area contributed by atoms with Crippen LogP contribution in [0.25, 0.3) is 0 Å². The summed E-state index contributed by atoms with van der Waals surface area (Å²) < 4.78 is 19.7. The van der Waals surface area contributed by atoms with E-state index in [4.69, 9.17) is 9.84 Å². The van der Waals surface area contributed by atoms with Crippen LogP contribution in [0, 0.1) is 5.82 Å². The van der Waals surface area contributed by atoms with Crippen LogP contribution in [0.3, 0.4) is 0 Å². The lowest BCUT2D eigenvalue weighted by atomic mass is 10.2. The van der Waals surface area contributed by atoms with Gasteiger partial charge in [0.1, 0.15) is 24.7 Å². The smallest absolute Gasteiger partial charge is 0.128 e. The number of quaternary nitrogens is 1. The molecule has 0 unspecified atom stereocenters. The topological polar surface area (TPSA) is 46.1 Å². The average molecular weight is 355 g/mol. The maximum absolute atomic E-state index is 12.9. The van der Waals surface area contributed by atoms with E-state index in [0.717, 1.165) is 27.9 Å². The Balaban J connectivity index is 2.02. The Hall–Kier alpha value is -1.43. The molecule has 0 atom stereocenters. The van der Waals surface area contributed by atoms with E-state index in [1.54, 1.807) is 12.1 Å². The number of hydrogen-bond donors (Lipinski definition) is 2. The molecule has 0 fully saturated rings. The Morgan fingerprint density at radius 1 is 1.14 bits per heavy atom. The highest BCUT2D eigenvalue weighted by Gasteiger charge is 2.07. The fourth-order valence-corrected chi connectivity index (χ4v) is 2.35. The predicted octanol–water partition coefficient (Wildman–Crippen LogP) is 2.22. The van der Waals surface area contributed by atoms with Gasteiger partial charge in [0.15, 0.2) is 0 Å². The molecule has 0 heterocycles. The molecule has 0 aliphatic rings. The van der Waals surface area contributed by atoms with Crippen molar-refractivity contribution in [3.8, 4) is 5.75 Å². The van der Waals surface area contributed by atoms with Crippen molar-refractivity contribution in [3.63, 3.8) is 0 Å². The van der Waals surface area contributed by atoms with E-state index < -0.39 is 0 Å². The SMILES string of the molecule is OCC[NH2+]Cc1cc(Br)ccc1OCc1ccc(F)cc1. The number of halogens is 2. The molecule has 112 valence electrons. The minimum atomic E-state index is -0.248. The highest BCUT2D eigenvalue weighted by Crippen LogP contribution is 2.23. The number of nitrogens with two attached hydrogens (primary N) is 1. The number of aliphatic hydroxyl groups is 1. The molecule has 2 aromatic rings. The zero-order valence-corrected chi connectivity index (χ0v) is 13.1. The normalized spacial score (nSPS) is 10.6. The van der Waals surface area contributed by atoms with E-state index in [2.05, 4.69) is 15.9 Å². The summed E-state index contributed by atoms with van der Waals surface area (Å²) in [4.78, 5) is 0. The third-order valence-electron chi connectivity index (χ3n) is 3.03. The maximum Gasteiger partial charge on any atom is 0.128 e. The fraction of sp³-hybridized carbons (Fsp3) is 0.250. The van der Waals surface area contributed by atoms with E-state index in [1.165, 1.54) is 12.1 Å². The minimum absolute atomic E-state index is 0.153. The lowest BCUT2D eigenvalue weighted by molar-refractivity contribution is -0.671. The summed E-state index contributed by atoms with van der Waals surface area (Å²) in [5.74, 6) is 0.554. The number of benzene rings is 2. The monoisotopic (exact) mass is 354 g/mol. The molecule has 0 spiro atoms. The molecule has 0 saturated carbocycles. The lowest BCUT2D eigenvalue weighted by Gasteiger charge is -2.11. The van der Waals surface area contributed by atoms with E-state index in [0.29, 0.717) is 13.2 Å². The van der Waals surface area contributed by atoms with Crippen LogP contribution >= 0.6 is 15.9 Å². The molecule has 0 aliphatic heterocycles. The molecule has 0 aliphatic carbocycles. The molecule has 0 saturated heterocycles. The number of ether oxygens (including phenoxy) is 1. The molecule has 0 amide bonds. The van der Waals surface area contributed by atoms with Crippen LogP contribution < -0.4 is 10.1 Å². The van der Waals surface area contributed by atoms with Gasteiger partial charge in [0.05, 0.1) is 13.2 Å². The number of rotatable bonds is 7. The Bertz CT molecular complexity index is 575. The number of aliphatic hydroxyl groups excluding tert-OH is 1. The zero-order valence-electron chi connectivity index (χ0n) is 11.6. The first-order valence-corrected chi connectivity index (χ1v) is 7.56. The Kier molecular flexibility index (Phi) is 6.17. The summed E-state index contributed by atoms with van der Waals surface area (Å²) in [6, 6.07) is 12.1. The molecule has 0 aromatic heterocycles. The first-order chi connectivity index (χ1) is 10.2. The Labute approximate surface area is 131 Å². The van der Waals surface area contributed by atoms with Crippen molar-refractivity contribution < 1.29 is 19.6 Å². The van der Waals surface area contributed by atoms with Gasteiger partial charge in [0.2, 0.25) is 0 Å². The van der Waals surface area contributed by atoms with Crippen LogP contribution in [-0.2, 0) is 13.2 Å². The van der Waals surface area contributed by atoms with Gasteiger partial charge in [-0.1, -0.05) is 28.1 Å². The van der Waals surface area contributed by atoms with Crippen molar-refractivity contribution in [2.24, 2.45) is 0 Å². The van der Waals surface area contributed by atoms with Crippen molar-refractivity contribution in [3.05, 3.63) is 63.9 Å². The van der Waals surface area contributed by atoms with E-state index in [1.807, 2.05) is 23.5 Å². The lowest BCUT2D eigenvalue weighted by Crippen LogP contribution is -2.83. The summed E-state index contributed by atoms with van der Waals surface area (Å²) >= 11 is 3.45. The second kappa shape index (κ2) is 8.12. The van der Waals surface area contributed by atoms with Crippen LogP contribution in [0.5, 0.6) is 5.75 Å². The van der Waals surface area contributed by atoms with Gasteiger partial charge in [-0.3, -0.25) is 0 Å². The first kappa shape index (κ1) is 15.9. The highest BCUT2D eigenvalue weighted by molar-refractivity contribution is 9.10. The van der Waals surface area contributed by atoms with Gasteiger partial charge in [-0.05, 0) is 35.9 Å². The first-order valence-electron chi connectivity index (χ1n) is 6.77. The van der Waals surface area contributed by atoms with Crippen molar-refractivity contribution in [2.75, 3.05) is 13.2 Å². The van der Waals surface area contributed by atoms with Crippen molar-refractivity contribution in [1.29, 1.82) is 0 Å². The molecule has 2 aromatic carbocycles. The van der Waals surface area contributed by atoms with Crippen LogP contribution in [0.15, 0.2) is 46.9 Å². The number of hydrogen-bond acceptors (Lipinski definition) is 2. The predicted molar refractivity (Wildman–Crippen MR) is 82.5 cm³/mol. The average Bonchev–Trinajstić information content (AvgIpc) is 2.48. The summed E-state index contributed by atoms with van der Waals surface area (Å²) in [5.41, 5.74) is 1.98. The molecular weight excluding hydrogens is 337 g/mol. The van der Waals surface area contributed by atoms with Crippen LogP contribution in [0.1, 0.15) is 11.1 Å². The minimum Gasteiger partial charge on any atom is -0.488 e. The Morgan fingerprint density at radius 2 is 1.90 bits per heavy atom. The quantitative estimate of drug-likeness (QED) is 0.749.